The molecule has 8 nitrogen and oxygen atoms in total. The van der Waals surface area contributed by atoms with Crippen molar-refractivity contribution in [1.29, 1.82) is 0 Å². The number of pyridine rings is 1. The van der Waals surface area contributed by atoms with Crippen LogP contribution in [0.5, 0.6) is 0 Å². The van der Waals surface area contributed by atoms with Crippen molar-refractivity contribution in [3.8, 4) is 0 Å². The first-order valence-corrected chi connectivity index (χ1v) is 9.77. The van der Waals surface area contributed by atoms with E-state index >= 15 is 0 Å². The molecule has 0 unspecified atom stereocenters. The van der Waals surface area contributed by atoms with Crippen molar-refractivity contribution >= 4 is 41.4 Å². The van der Waals surface area contributed by atoms with Gasteiger partial charge in [0.05, 0.1) is 4.92 Å². The Morgan fingerprint density at radius 3 is 2.35 bits per heavy atom. The van der Waals surface area contributed by atoms with E-state index in [0.29, 0.717) is 5.69 Å². The highest BCUT2D eigenvalue weighted by molar-refractivity contribution is 7.81. The maximum atomic E-state index is 10.9. The summed E-state index contributed by atoms with van der Waals surface area (Å²) >= 11 is 5.44. The van der Waals surface area contributed by atoms with Gasteiger partial charge >= 0.3 is 0 Å². The Labute approximate surface area is 158 Å². The number of nitrogens with one attached hydrogen (secondary N) is 1. The topological polar surface area (TPSA) is 86.9 Å². The van der Waals surface area contributed by atoms with E-state index in [2.05, 4.69) is 10.3 Å². The van der Waals surface area contributed by atoms with Crippen LogP contribution in [0.3, 0.4) is 0 Å². The fourth-order valence-corrected chi connectivity index (χ4v) is 5.98. The second-order valence-electron chi connectivity index (χ2n) is 5.81. The van der Waals surface area contributed by atoms with Gasteiger partial charge in [0.1, 0.15) is 7.36 Å². The van der Waals surface area contributed by atoms with E-state index in [0.717, 1.165) is 5.30 Å². The van der Waals surface area contributed by atoms with Crippen molar-refractivity contribution in [3.63, 3.8) is 0 Å². The lowest BCUT2D eigenvalue weighted by molar-refractivity contribution is -0.384. The Hall–Kier alpha value is -2.19. The summed E-state index contributed by atoms with van der Waals surface area (Å²) in [7, 11) is 5.51. The number of nitro groups is 1. The maximum absolute atomic E-state index is 10.9. The minimum Gasteiger partial charge on any atom is -0.331 e. The molecule has 0 spiro atoms. The Bertz CT molecular complexity index is 845. The first kappa shape index (κ1) is 20.1. The molecule has 0 radical (unpaired) electrons. The highest BCUT2D eigenvalue weighted by atomic mass is 32.1. The molecular formula is C16H21N6O2PS. The zero-order valence-corrected chi connectivity index (χ0v) is 16.7. The molecule has 0 bridgehead atoms. The van der Waals surface area contributed by atoms with Crippen molar-refractivity contribution in [1.82, 2.24) is 14.3 Å². The van der Waals surface area contributed by atoms with Crippen LogP contribution in [0, 0.1) is 10.1 Å². The second kappa shape index (κ2) is 8.46. The van der Waals surface area contributed by atoms with E-state index in [1.165, 1.54) is 12.1 Å². The molecular weight excluding hydrogens is 371 g/mol. The highest BCUT2D eigenvalue weighted by Gasteiger charge is 2.28. The summed E-state index contributed by atoms with van der Waals surface area (Å²) in [4.78, 5) is 14.6. The van der Waals surface area contributed by atoms with Gasteiger partial charge in [0.25, 0.3) is 5.69 Å². The van der Waals surface area contributed by atoms with Gasteiger partial charge in [0.2, 0.25) is 0 Å². The standard InChI is InChI=1S/C16H21N6O2PS/c1-20(2)25(21(3)4,15-8-10-17-11-9-15)19-16(26)18-13-6-5-7-14(12-13)22(23)24/h5-12H,1-4H3,(H,18,26). The van der Waals surface area contributed by atoms with Gasteiger partial charge in [-0.2, -0.15) is 0 Å². The lowest BCUT2D eigenvalue weighted by Crippen LogP contribution is -2.30. The molecule has 1 N–H and O–H groups in total. The number of nitro benzene ring substituents is 1. The fraction of sp³-hybridized carbons (Fsp3) is 0.250. The van der Waals surface area contributed by atoms with E-state index in [4.69, 9.17) is 17.0 Å². The predicted octanol–water partition coefficient (Wildman–Crippen LogP) is 3.17. The molecule has 138 valence electrons. The third-order valence-electron chi connectivity index (χ3n) is 3.66. The van der Waals surface area contributed by atoms with E-state index < -0.39 is 12.3 Å². The van der Waals surface area contributed by atoms with Gasteiger partial charge in [-0.3, -0.25) is 24.4 Å². The zero-order valence-electron chi connectivity index (χ0n) is 15.0. The van der Waals surface area contributed by atoms with Crippen LogP contribution in [0.4, 0.5) is 11.4 Å². The van der Waals surface area contributed by atoms with Crippen LogP contribution in [0.15, 0.2) is 53.5 Å². The number of rotatable bonds is 5. The molecule has 0 atom stereocenters. The fourth-order valence-electron chi connectivity index (χ4n) is 2.57. The summed E-state index contributed by atoms with van der Waals surface area (Å²) in [6.45, 7) is 0. The van der Waals surface area contributed by atoms with Gasteiger partial charge in [-0.15, -0.1) is 0 Å². The van der Waals surface area contributed by atoms with Crippen LogP contribution in [-0.4, -0.2) is 52.6 Å². The molecule has 1 heterocycles. The van der Waals surface area contributed by atoms with Crippen LogP contribution in [0.1, 0.15) is 0 Å². The predicted molar refractivity (Wildman–Crippen MR) is 110 cm³/mol. The van der Waals surface area contributed by atoms with Crippen LogP contribution < -0.4 is 10.6 Å². The first-order chi connectivity index (χ1) is 12.3. The molecule has 2 aromatic rings. The van der Waals surface area contributed by atoms with Crippen molar-refractivity contribution in [2.24, 2.45) is 4.74 Å². The lowest BCUT2D eigenvalue weighted by Gasteiger charge is -2.36. The van der Waals surface area contributed by atoms with Crippen molar-refractivity contribution in [2.45, 2.75) is 0 Å². The number of hydrogen-bond donors (Lipinski definition) is 1. The van der Waals surface area contributed by atoms with Gasteiger partial charge in [0, 0.05) is 35.5 Å². The molecule has 0 aliphatic rings. The highest BCUT2D eigenvalue weighted by Crippen LogP contribution is 2.52. The molecule has 26 heavy (non-hydrogen) atoms. The van der Waals surface area contributed by atoms with Gasteiger partial charge in [-0.05, 0) is 58.6 Å². The molecule has 0 saturated heterocycles. The third-order valence-corrected chi connectivity index (χ3v) is 7.69. The third kappa shape index (κ3) is 4.31. The Kier molecular flexibility index (Phi) is 6.55. The number of non-ortho nitro benzene ring substituents is 1. The number of nitrogens with zero attached hydrogens (tertiary/aromatic N) is 5. The Morgan fingerprint density at radius 2 is 1.81 bits per heavy atom. The Balaban J connectivity index is 2.45. The van der Waals surface area contributed by atoms with E-state index in [-0.39, 0.29) is 10.8 Å². The summed E-state index contributed by atoms with van der Waals surface area (Å²) in [5, 5.41) is 15.2. The van der Waals surface area contributed by atoms with Crippen LogP contribution >= 0.6 is 19.6 Å². The minimum atomic E-state index is -2.30. The number of anilines is 1. The van der Waals surface area contributed by atoms with E-state index in [1.54, 1.807) is 24.5 Å². The SMILES string of the molecule is CN(C)P(=NC(=S)Nc1cccc([N+](=O)[O-])c1)(c1ccncc1)N(C)C. The minimum absolute atomic E-state index is 0.00629. The smallest absolute Gasteiger partial charge is 0.271 e. The normalized spacial score (nSPS) is 11.5. The first-order valence-electron chi connectivity index (χ1n) is 7.71. The molecule has 0 saturated carbocycles. The quantitative estimate of drug-likeness (QED) is 0.362. The second-order valence-corrected chi connectivity index (χ2v) is 9.65. The summed E-state index contributed by atoms with van der Waals surface area (Å²) in [5.41, 5.74) is 0.520. The summed E-state index contributed by atoms with van der Waals surface area (Å²) in [5.74, 6) is 0. The van der Waals surface area contributed by atoms with Gasteiger partial charge in [-0.25, -0.2) is 4.74 Å². The largest absolute Gasteiger partial charge is 0.331 e. The molecule has 1 aromatic carbocycles. The number of hydrogen-bond acceptors (Lipinski definition) is 4. The molecule has 0 aliphatic carbocycles. The number of aromatic nitrogens is 1. The molecule has 1 aromatic heterocycles. The van der Waals surface area contributed by atoms with Crippen molar-refractivity contribution in [2.75, 3.05) is 33.5 Å². The average Bonchev–Trinajstić information content (AvgIpc) is 2.60. The summed E-state index contributed by atoms with van der Waals surface area (Å²) in [6.07, 6.45) is 3.45. The van der Waals surface area contributed by atoms with Gasteiger partial charge in [-0.1, -0.05) is 6.07 Å². The average molecular weight is 392 g/mol. The van der Waals surface area contributed by atoms with Crippen LogP contribution in [0.2, 0.25) is 0 Å². The summed E-state index contributed by atoms with van der Waals surface area (Å²) < 4.78 is 8.92. The molecule has 0 fully saturated rings. The number of thiocarbonyl (C=S) groups is 1. The molecule has 0 amide bonds. The monoisotopic (exact) mass is 392 g/mol. The van der Waals surface area contributed by atoms with Crippen LogP contribution in [-0.2, 0) is 0 Å². The van der Waals surface area contributed by atoms with Crippen molar-refractivity contribution < 1.29 is 4.92 Å². The number of benzene rings is 1. The zero-order chi connectivity index (χ0) is 19.3. The molecule has 10 heteroatoms. The van der Waals surface area contributed by atoms with Crippen LogP contribution in [0.25, 0.3) is 0 Å². The van der Waals surface area contributed by atoms with Crippen molar-refractivity contribution in [3.05, 3.63) is 58.9 Å². The van der Waals surface area contributed by atoms with Gasteiger partial charge in [0.15, 0.2) is 5.11 Å². The Morgan fingerprint density at radius 1 is 1.19 bits per heavy atom. The maximum Gasteiger partial charge on any atom is 0.271 e. The van der Waals surface area contributed by atoms with E-state index in [1.807, 2.05) is 49.7 Å². The van der Waals surface area contributed by atoms with E-state index in [9.17, 15) is 10.1 Å². The van der Waals surface area contributed by atoms with Gasteiger partial charge < -0.3 is 5.32 Å². The lowest BCUT2D eigenvalue weighted by atomic mass is 10.3. The molecule has 2 rings (SSSR count). The molecule has 0 aliphatic heterocycles. The summed E-state index contributed by atoms with van der Waals surface area (Å²) in [6, 6.07) is 10.0.